The summed E-state index contributed by atoms with van der Waals surface area (Å²) in [6.45, 7) is -0.213. The maximum atomic E-state index is 11.6. The van der Waals surface area contributed by atoms with Crippen LogP contribution in [-0.2, 0) is 4.79 Å². The molecule has 0 unspecified atom stereocenters. The number of phenols is 2. The van der Waals surface area contributed by atoms with Crippen molar-refractivity contribution in [3.8, 4) is 23.0 Å². The van der Waals surface area contributed by atoms with Gasteiger partial charge in [0, 0.05) is 5.56 Å². The van der Waals surface area contributed by atoms with Crippen molar-refractivity contribution in [3.05, 3.63) is 48.0 Å². The van der Waals surface area contributed by atoms with Gasteiger partial charge in [-0.3, -0.25) is 4.79 Å². The molecule has 2 aromatic carbocycles. The smallest absolute Gasteiger partial charge is 0.277 e. The van der Waals surface area contributed by atoms with Gasteiger partial charge in [0.25, 0.3) is 5.91 Å². The van der Waals surface area contributed by atoms with E-state index in [1.807, 2.05) is 0 Å². The fourth-order valence-electron chi connectivity index (χ4n) is 1.68. The number of ether oxygens (including phenoxy) is 2. The minimum atomic E-state index is -0.461. The molecule has 120 valence electrons. The Morgan fingerprint density at radius 2 is 1.87 bits per heavy atom. The summed E-state index contributed by atoms with van der Waals surface area (Å²) in [6, 6.07) is 11.2. The quantitative estimate of drug-likeness (QED) is 0.427. The van der Waals surface area contributed by atoms with Crippen LogP contribution in [0.1, 0.15) is 5.56 Å². The third kappa shape index (κ3) is 4.63. The van der Waals surface area contributed by atoms with E-state index >= 15 is 0 Å². The first-order valence-electron chi connectivity index (χ1n) is 6.70. The summed E-state index contributed by atoms with van der Waals surface area (Å²) in [4.78, 5) is 11.6. The number of para-hydroxylation sites is 1. The van der Waals surface area contributed by atoms with Gasteiger partial charge in [0.2, 0.25) is 0 Å². The van der Waals surface area contributed by atoms with Crippen molar-refractivity contribution in [1.29, 1.82) is 0 Å². The molecule has 1 amide bonds. The van der Waals surface area contributed by atoms with Gasteiger partial charge in [-0.15, -0.1) is 0 Å². The van der Waals surface area contributed by atoms with E-state index in [0.717, 1.165) is 0 Å². The first kappa shape index (κ1) is 16.2. The highest BCUT2D eigenvalue weighted by Gasteiger charge is 2.04. The predicted molar refractivity (Wildman–Crippen MR) is 84.0 cm³/mol. The third-order valence-electron chi connectivity index (χ3n) is 2.87. The standard InChI is InChI=1S/C16H16N2O5/c1-22-12-5-7-13(8-6-12)23-10-15(20)18-17-9-11-3-2-4-14(19)16(11)21/h2-9,19,21H,10H2,1H3,(H,18,20)/b17-9+. The van der Waals surface area contributed by atoms with Crippen LogP contribution in [0.25, 0.3) is 0 Å². The molecule has 0 aliphatic rings. The summed E-state index contributed by atoms with van der Waals surface area (Å²) >= 11 is 0. The number of nitrogens with zero attached hydrogens (tertiary/aromatic N) is 1. The van der Waals surface area contributed by atoms with Gasteiger partial charge in [-0.2, -0.15) is 5.10 Å². The van der Waals surface area contributed by atoms with E-state index in [1.165, 1.54) is 12.3 Å². The second kappa shape index (κ2) is 7.69. The SMILES string of the molecule is COc1ccc(OCC(=O)N/N=C/c2cccc(O)c2O)cc1. The predicted octanol–water partition coefficient (Wildman–Crippen LogP) is 1.64. The zero-order valence-electron chi connectivity index (χ0n) is 12.4. The summed E-state index contributed by atoms with van der Waals surface area (Å²) in [5, 5.41) is 22.6. The Morgan fingerprint density at radius 1 is 1.17 bits per heavy atom. The Bertz CT molecular complexity index is 698. The number of benzene rings is 2. The Kier molecular flexibility index (Phi) is 5.40. The fourth-order valence-corrected chi connectivity index (χ4v) is 1.68. The van der Waals surface area contributed by atoms with Gasteiger partial charge >= 0.3 is 0 Å². The van der Waals surface area contributed by atoms with Gasteiger partial charge in [0.05, 0.1) is 13.3 Å². The van der Waals surface area contributed by atoms with Gasteiger partial charge in [0.15, 0.2) is 18.1 Å². The van der Waals surface area contributed by atoms with E-state index in [9.17, 15) is 15.0 Å². The van der Waals surface area contributed by atoms with Gasteiger partial charge in [-0.1, -0.05) is 6.07 Å². The number of phenolic OH excluding ortho intramolecular Hbond substituents is 2. The molecule has 0 saturated carbocycles. The zero-order chi connectivity index (χ0) is 16.7. The number of hydrogen-bond donors (Lipinski definition) is 3. The number of rotatable bonds is 6. The van der Waals surface area contributed by atoms with Gasteiger partial charge < -0.3 is 19.7 Å². The lowest BCUT2D eigenvalue weighted by molar-refractivity contribution is -0.123. The summed E-state index contributed by atoms with van der Waals surface area (Å²) in [5.74, 6) is 0.188. The second-order valence-corrected chi connectivity index (χ2v) is 4.47. The maximum absolute atomic E-state index is 11.6. The van der Waals surface area contributed by atoms with Crippen LogP contribution >= 0.6 is 0 Å². The van der Waals surface area contributed by atoms with E-state index in [2.05, 4.69) is 10.5 Å². The highest BCUT2D eigenvalue weighted by atomic mass is 16.5. The molecular weight excluding hydrogens is 300 g/mol. The summed E-state index contributed by atoms with van der Waals surface area (Å²) in [7, 11) is 1.56. The molecule has 0 atom stereocenters. The van der Waals surface area contributed by atoms with Gasteiger partial charge in [0.1, 0.15) is 11.5 Å². The molecule has 0 fully saturated rings. The van der Waals surface area contributed by atoms with Crippen LogP contribution in [0.4, 0.5) is 0 Å². The van der Waals surface area contributed by atoms with Crippen LogP contribution in [-0.4, -0.2) is 36.1 Å². The average molecular weight is 316 g/mol. The first-order valence-corrected chi connectivity index (χ1v) is 6.70. The molecule has 7 nitrogen and oxygen atoms in total. The molecule has 2 aromatic rings. The molecule has 0 aromatic heterocycles. The molecule has 0 heterocycles. The molecule has 23 heavy (non-hydrogen) atoms. The van der Waals surface area contributed by atoms with Crippen molar-refractivity contribution in [2.45, 2.75) is 0 Å². The number of methoxy groups -OCH3 is 1. The van der Waals surface area contributed by atoms with Crippen molar-refractivity contribution in [1.82, 2.24) is 5.43 Å². The minimum Gasteiger partial charge on any atom is -0.504 e. The summed E-state index contributed by atoms with van der Waals surface area (Å²) in [6.07, 6.45) is 1.22. The monoisotopic (exact) mass is 316 g/mol. The lowest BCUT2D eigenvalue weighted by atomic mass is 10.2. The van der Waals surface area contributed by atoms with Crippen molar-refractivity contribution >= 4 is 12.1 Å². The molecular formula is C16H16N2O5. The highest BCUT2D eigenvalue weighted by molar-refractivity contribution is 5.86. The molecule has 0 bridgehead atoms. The van der Waals surface area contributed by atoms with E-state index in [-0.39, 0.29) is 23.7 Å². The third-order valence-corrected chi connectivity index (χ3v) is 2.87. The van der Waals surface area contributed by atoms with Crippen molar-refractivity contribution in [2.24, 2.45) is 5.10 Å². The molecule has 0 saturated heterocycles. The largest absolute Gasteiger partial charge is 0.504 e. The van der Waals surface area contributed by atoms with Crippen LogP contribution in [0.5, 0.6) is 23.0 Å². The number of nitrogens with one attached hydrogen (secondary N) is 1. The van der Waals surface area contributed by atoms with Crippen LogP contribution in [0.15, 0.2) is 47.6 Å². The van der Waals surface area contributed by atoms with Crippen molar-refractivity contribution < 1.29 is 24.5 Å². The van der Waals surface area contributed by atoms with Crippen molar-refractivity contribution in [2.75, 3.05) is 13.7 Å². The highest BCUT2D eigenvalue weighted by Crippen LogP contribution is 2.26. The fraction of sp³-hybridized carbons (Fsp3) is 0.125. The van der Waals surface area contributed by atoms with Crippen molar-refractivity contribution in [3.63, 3.8) is 0 Å². The van der Waals surface area contributed by atoms with Crippen LogP contribution < -0.4 is 14.9 Å². The molecule has 2 rings (SSSR count). The lowest BCUT2D eigenvalue weighted by Gasteiger charge is -2.06. The Morgan fingerprint density at radius 3 is 2.57 bits per heavy atom. The van der Waals surface area contributed by atoms with Crippen LogP contribution in [0.3, 0.4) is 0 Å². The maximum Gasteiger partial charge on any atom is 0.277 e. The second-order valence-electron chi connectivity index (χ2n) is 4.47. The summed E-state index contributed by atoms with van der Waals surface area (Å²) < 4.78 is 10.3. The van der Waals surface area contributed by atoms with Gasteiger partial charge in [-0.05, 0) is 36.4 Å². The molecule has 7 heteroatoms. The van der Waals surface area contributed by atoms with Crippen LogP contribution in [0, 0.1) is 0 Å². The van der Waals surface area contributed by atoms with E-state index in [4.69, 9.17) is 9.47 Å². The average Bonchev–Trinajstić information content (AvgIpc) is 2.57. The Labute approximate surface area is 132 Å². The van der Waals surface area contributed by atoms with Crippen LogP contribution in [0.2, 0.25) is 0 Å². The normalized spacial score (nSPS) is 10.5. The Hall–Kier alpha value is -3.22. The Balaban J connectivity index is 1.82. The lowest BCUT2D eigenvalue weighted by Crippen LogP contribution is -2.24. The number of carbonyl (C=O) groups excluding carboxylic acids is 1. The number of carbonyl (C=O) groups is 1. The molecule has 0 aliphatic carbocycles. The minimum absolute atomic E-state index is 0.213. The van der Waals surface area contributed by atoms with E-state index in [1.54, 1.807) is 43.5 Å². The van der Waals surface area contributed by atoms with Gasteiger partial charge in [-0.25, -0.2) is 5.43 Å². The van der Waals surface area contributed by atoms with E-state index < -0.39 is 5.91 Å². The zero-order valence-corrected chi connectivity index (χ0v) is 12.4. The number of aromatic hydroxyl groups is 2. The molecule has 0 radical (unpaired) electrons. The molecule has 3 N–H and O–H groups in total. The van der Waals surface area contributed by atoms with E-state index in [0.29, 0.717) is 11.5 Å². The topological polar surface area (TPSA) is 100 Å². The molecule has 0 aliphatic heterocycles. The number of hydrogen-bond acceptors (Lipinski definition) is 6. The first-order chi connectivity index (χ1) is 11.1. The molecule has 0 spiro atoms. The summed E-state index contributed by atoms with van der Waals surface area (Å²) in [5.41, 5.74) is 2.54. The number of hydrazone groups is 1. The number of amides is 1.